The molecule has 0 saturated heterocycles. The highest BCUT2D eigenvalue weighted by Gasteiger charge is 2.41. The van der Waals surface area contributed by atoms with E-state index in [2.05, 4.69) is 22.0 Å². The summed E-state index contributed by atoms with van der Waals surface area (Å²) < 4.78 is 32.1. The Bertz CT molecular complexity index is 1180. The molecule has 2 aliphatic rings. The molecule has 2 aliphatic heterocycles. The fourth-order valence-corrected chi connectivity index (χ4v) is 4.51. The lowest BCUT2D eigenvalue weighted by molar-refractivity contribution is -0.0192. The third-order valence-corrected chi connectivity index (χ3v) is 6.10. The molecule has 0 aromatic heterocycles. The number of benzene rings is 3. The monoisotopic (exact) mass is 482 g/mol. The molecule has 7 heteroatoms. The van der Waals surface area contributed by atoms with Gasteiger partial charge >= 0.3 is 0 Å². The van der Waals surface area contributed by atoms with Crippen LogP contribution in [0.2, 0.25) is 0 Å². The zero-order valence-electron chi connectivity index (χ0n) is 17.0. The first-order valence-electron chi connectivity index (χ1n) is 9.87. The molecule has 0 radical (unpaired) electrons. The van der Waals surface area contributed by atoms with Crippen LogP contribution in [0, 0.1) is 5.82 Å². The smallest absolute Gasteiger partial charge is 0.213 e. The first-order valence-corrected chi connectivity index (χ1v) is 10.7. The maximum atomic E-state index is 14.0. The molecule has 0 aliphatic carbocycles. The number of fused-ring (bicyclic) bond motifs is 3. The molecular formula is C24H20BrFN2O3. The molecule has 0 spiro atoms. The van der Waals surface area contributed by atoms with E-state index in [0.29, 0.717) is 17.9 Å². The van der Waals surface area contributed by atoms with Crippen LogP contribution < -0.4 is 14.2 Å². The van der Waals surface area contributed by atoms with E-state index in [-0.39, 0.29) is 11.9 Å². The maximum Gasteiger partial charge on any atom is 0.213 e. The van der Waals surface area contributed by atoms with Gasteiger partial charge in [0.25, 0.3) is 0 Å². The van der Waals surface area contributed by atoms with Gasteiger partial charge in [-0.15, -0.1) is 0 Å². The highest BCUT2D eigenvalue weighted by Crippen LogP contribution is 2.48. The predicted molar refractivity (Wildman–Crippen MR) is 119 cm³/mol. The van der Waals surface area contributed by atoms with Crippen molar-refractivity contribution in [3.05, 3.63) is 87.6 Å². The Morgan fingerprint density at radius 1 is 1.03 bits per heavy atom. The third-order valence-electron chi connectivity index (χ3n) is 5.60. The Labute approximate surface area is 188 Å². The fourth-order valence-electron chi connectivity index (χ4n) is 4.13. The van der Waals surface area contributed by atoms with Gasteiger partial charge in [0.1, 0.15) is 11.6 Å². The largest absolute Gasteiger partial charge is 0.493 e. The number of hydrogen-bond acceptors (Lipinski definition) is 5. The minimum atomic E-state index is -0.521. The van der Waals surface area contributed by atoms with Crippen LogP contribution in [0.25, 0.3) is 0 Å². The second-order valence-electron chi connectivity index (χ2n) is 7.42. The molecule has 5 nitrogen and oxygen atoms in total. The van der Waals surface area contributed by atoms with Crippen LogP contribution in [0.3, 0.4) is 0 Å². The molecule has 31 heavy (non-hydrogen) atoms. The number of hydrogen-bond donors (Lipinski definition) is 0. The van der Waals surface area contributed by atoms with Gasteiger partial charge in [0.15, 0.2) is 11.5 Å². The van der Waals surface area contributed by atoms with Gasteiger partial charge in [-0.2, -0.15) is 5.10 Å². The Hall–Kier alpha value is -3.06. The van der Waals surface area contributed by atoms with E-state index in [4.69, 9.17) is 19.3 Å². The summed E-state index contributed by atoms with van der Waals surface area (Å²) >= 11 is 3.56. The zero-order chi connectivity index (χ0) is 21.5. The van der Waals surface area contributed by atoms with E-state index < -0.39 is 6.23 Å². The second-order valence-corrected chi connectivity index (χ2v) is 8.34. The van der Waals surface area contributed by atoms with Gasteiger partial charge in [-0.3, -0.25) is 0 Å². The number of ether oxygens (including phenoxy) is 3. The Morgan fingerprint density at radius 3 is 2.65 bits per heavy atom. The van der Waals surface area contributed by atoms with Crippen molar-refractivity contribution in [2.45, 2.75) is 18.7 Å². The summed E-state index contributed by atoms with van der Waals surface area (Å²) in [6.45, 7) is 0. The summed E-state index contributed by atoms with van der Waals surface area (Å²) in [6.07, 6.45) is 0.167. The van der Waals surface area contributed by atoms with Crippen molar-refractivity contribution in [1.29, 1.82) is 0 Å². The minimum Gasteiger partial charge on any atom is -0.493 e. The lowest BCUT2D eigenvalue weighted by Crippen LogP contribution is -2.33. The average Bonchev–Trinajstić information content (AvgIpc) is 3.24. The number of rotatable bonds is 4. The van der Waals surface area contributed by atoms with Gasteiger partial charge in [0.2, 0.25) is 6.23 Å². The normalized spacial score (nSPS) is 19.2. The maximum absolute atomic E-state index is 14.0. The van der Waals surface area contributed by atoms with Crippen molar-refractivity contribution >= 4 is 21.6 Å². The van der Waals surface area contributed by atoms with E-state index in [1.165, 1.54) is 12.1 Å². The van der Waals surface area contributed by atoms with Crippen molar-refractivity contribution in [3.8, 4) is 17.2 Å². The molecular weight excluding hydrogens is 463 g/mol. The van der Waals surface area contributed by atoms with Crippen LogP contribution in [0.5, 0.6) is 17.2 Å². The summed E-state index contributed by atoms with van der Waals surface area (Å²) in [7, 11) is 3.23. The third kappa shape index (κ3) is 3.53. The summed E-state index contributed by atoms with van der Waals surface area (Å²) in [5.74, 6) is 1.79. The summed E-state index contributed by atoms with van der Waals surface area (Å²) in [5.41, 5.74) is 3.61. The molecule has 0 saturated carbocycles. The topological polar surface area (TPSA) is 43.3 Å². The molecule has 5 rings (SSSR count). The molecule has 2 heterocycles. The molecule has 158 valence electrons. The van der Waals surface area contributed by atoms with Gasteiger partial charge in [-0.25, -0.2) is 9.40 Å². The summed E-state index contributed by atoms with van der Waals surface area (Å²) in [4.78, 5) is 0. The van der Waals surface area contributed by atoms with E-state index >= 15 is 0 Å². The average molecular weight is 483 g/mol. The Morgan fingerprint density at radius 2 is 1.87 bits per heavy atom. The van der Waals surface area contributed by atoms with Crippen molar-refractivity contribution in [3.63, 3.8) is 0 Å². The second kappa shape index (κ2) is 7.89. The van der Waals surface area contributed by atoms with Crippen molar-refractivity contribution < 1.29 is 18.6 Å². The van der Waals surface area contributed by atoms with E-state index in [1.54, 1.807) is 20.3 Å². The molecule has 3 aromatic rings. The summed E-state index contributed by atoms with van der Waals surface area (Å²) in [5, 5.41) is 6.84. The van der Waals surface area contributed by atoms with Gasteiger partial charge < -0.3 is 14.2 Å². The van der Waals surface area contributed by atoms with Crippen LogP contribution >= 0.6 is 15.9 Å². The predicted octanol–water partition coefficient (Wildman–Crippen LogP) is 5.85. The van der Waals surface area contributed by atoms with Crippen molar-refractivity contribution in [1.82, 2.24) is 5.01 Å². The number of halogens is 2. The van der Waals surface area contributed by atoms with Crippen LogP contribution in [0.1, 0.15) is 35.4 Å². The molecule has 0 unspecified atom stereocenters. The molecule has 0 bridgehead atoms. The van der Waals surface area contributed by atoms with Gasteiger partial charge in [-0.05, 0) is 48.5 Å². The first kappa shape index (κ1) is 19.9. The lowest BCUT2D eigenvalue weighted by Gasteiger charge is -2.38. The molecule has 3 aromatic carbocycles. The van der Waals surface area contributed by atoms with Crippen LogP contribution in [0.15, 0.2) is 70.2 Å². The van der Waals surface area contributed by atoms with Crippen molar-refractivity contribution in [2.75, 3.05) is 14.2 Å². The quantitative estimate of drug-likeness (QED) is 0.467. The van der Waals surface area contributed by atoms with E-state index in [1.807, 2.05) is 41.4 Å². The number of hydrazone groups is 1. The minimum absolute atomic E-state index is 0.0300. The Kier molecular flexibility index (Phi) is 5.06. The number of methoxy groups -OCH3 is 2. The van der Waals surface area contributed by atoms with Crippen LogP contribution in [-0.2, 0) is 0 Å². The van der Waals surface area contributed by atoms with Crippen LogP contribution in [-0.4, -0.2) is 24.9 Å². The molecule has 0 amide bonds. The SMILES string of the molecule is COc1ccc(C2=NN3[C@@H](c4cccc(F)c4)Oc4ccc(Br)cc4[C@@H]3C2)cc1OC. The zero-order valence-corrected chi connectivity index (χ0v) is 18.6. The molecule has 2 atom stereocenters. The molecule has 0 fully saturated rings. The van der Waals surface area contributed by atoms with Gasteiger partial charge in [-0.1, -0.05) is 28.1 Å². The van der Waals surface area contributed by atoms with Crippen molar-refractivity contribution in [2.24, 2.45) is 5.10 Å². The van der Waals surface area contributed by atoms with E-state index in [0.717, 1.165) is 32.6 Å². The fraction of sp³-hybridized carbons (Fsp3) is 0.208. The van der Waals surface area contributed by atoms with Gasteiger partial charge in [0.05, 0.1) is 26.0 Å². The molecule has 0 N–H and O–H groups in total. The van der Waals surface area contributed by atoms with Gasteiger partial charge in [0, 0.05) is 27.6 Å². The summed E-state index contributed by atoms with van der Waals surface area (Å²) in [6, 6.07) is 18.2. The highest BCUT2D eigenvalue weighted by atomic mass is 79.9. The highest BCUT2D eigenvalue weighted by molar-refractivity contribution is 9.10. The Balaban J connectivity index is 1.59. The standard InChI is InChI=1S/C24H20BrFN2O3/c1-29-22-8-6-14(11-23(22)30-2)19-13-20-18-12-16(25)7-9-21(18)31-24(28(20)27-19)15-4-3-5-17(26)10-15/h3-12,20,24H,13H2,1-2H3/t20-,24+/m0/s1. The van der Waals surface area contributed by atoms with Crippen LogP contribution in [0.4, 0.5) is 4.39 Å². The first-order chi connectivity index (χ1) is 15.1. The lowest BCUT2D eigenvalue weighted by atomic mass is 9.95. The number of nitrogens with zero attached hydrogens (tertiary/aromatic N) is 2. The van der Waals surface area contributed by atoms with E-state index in [9.17, 15) is 4.39 Å².